The Hall–Kier alpha value is -0.960. The Kier molecular flexibility index (Phi) is 13.8. The van der Waals surface area contributed by atoms with Crippen LogP contribution in [0.5, 0.6) is 0 Å². The molecule has 0 radical (unpaired) electrons. The van der Waals surface area contributed by atoms with E-state index in [0.717, 1.165) is 31.9 Å². The lowest BCUT2D eigenvalue weighted by molar-refractivity contribution is -0.140. The van der Waals surface area contributed by atoms with E-state index in [-0.39, 0.29) is 29.9 Å². The van der Waals surface area contributed by atoms with Gasteiger partial charge in [0.15, 0.2) is 5.96 Å². The summed E-state index contributed by atoms with van der Waals surface area (Å²) in [5.74, 6) is 0.642. The minimum atomic E-state index is -0.153. The second-order valence-electron chi connectivity index (χ2n) is 5.15. The van der Waals surface area contributed by atoms with E-state index in [1.54, 1.807) is 7.05 Å². The quantitative estimate of drug-likeness (QED) is 0.146. The molecule has 1 rings (SSSR count). The van der Waals surface area contributed by atoms with Gasteiger partial charge >= 0.3 is 5.97 Å². The topological polar surface area (TPSA) is 62.7 Å². The van der Waals surface area contributed by atoms with Crippen molar-refractivity contribution in [2.75, 3.05) is 27.2 Å². The van der Waals surface area contributed by atoms with Crippen LogP contribution in [0.25, 0.3) is 0 Å². The molecule has 0 saturated carbocycles. The number of unbranched alkanes of at least 4 members (excludes halogenated alkanes) is 1. The molecule has 0 fully saturated rings. The van der Waals surface area contributed by atoms with Crippen molar-refractivity contribution in [1.82, 2.24) is 10.6 Å². The SMILES string of the molecule is CN=C(NCCCCC(=O)OC)NCC(C)Sc1ccccc1.I. The molecule has 5 nitrogen and oxygen atoms in total. The standard InChI is InChI=1S/C17H27N3O2S.HI/c1-14(23-15-9-5-4-6-10-15)13-20-17(18-2)19-12-8-7-11-16(21)22-3;/h4-6,9-10,14H,7-8,11-13H2,1-3H3,(H2,18,19,20);1H. The second kappa shape index (κ2) is 14.4. The van der Waals surface area contributed by atoms with Crippen LogP contribution < -0.4 is 10.6 Å². The Morgan fingerprint density at radius 3 is 2.58 bits per heavy atom. The van der Waals surface area contributed by atoms with Crippen LogP contribution in [0.1, 0.15) is 26.2 Å². The van der Waals surface area contributed by atoms with Crippen molar-refractivity contribution >= 4 is 47.7 Å². The third-order valence-electron chi connectivity index (χ3n) is 3.19. The average Bonchev–Trinajstić information content (AvgIpc) is 2.57. The van der Waals surface area contributed by atoms with Crippen molar-refractivity contribution in [3.63, 3.8) is 0 Å². The van der Waals surface area contributed by atoms with Crippen LogP contribution in [0.3, 0.4) is 0 Å². The molecule has 0 aliphatic carbocycles. The first-order chi connectivity index (χ1) is 11.2. The summed E-state index contributed by atoms with van der Waals surface area (Å²) in [7, 11) is 3.18. The summed E-state index contributed by atoms with van der Waals surface area (Å²) >= 11 is 1.84. The van der Waals surface area contributed by atoms with Gasteiger partial charge in [-0.15, -0.1) is 35.7 Å². The lowest BCUT2D eigenvalue weighted by atomic mass is 10.2. The highest BCUT2D eigenvalue weighted by atomic mass is 127. The van der Waals surface area contributed by atoms with Gasteiger partial charge in [-0.3, -0.25) is 9.79 Å². The number of nitrogens with zero attached hydrogens (tertiary/aromatic N) is 1. The number of methoxy groups -OCH3 is 1. The van der Waals surface area contributed by atoms with Gasteiger partial charge in [0.1, 0.15) is 0 Å². The molecule has 0 aliphatic rings. The fourth-order valence-electron chi connectivity index (χ4n) is 1.94. The molecule has 1 aromatic rings. The van der Waals surface area contributed by atoms with Gasteiger partial charge in [0, 0.05) is 36.7 Å². The second-order valence-corrected chi connectivity index (χ2v) is 6.67. The number of carbonyl (C=O) groups is 1. The van der Waals surface area contributed by atoms with Crippen molar-refractivity contribution in [2.45, 2.75) is 36.3 Å². The van der Waals surface area contributed by atoms with E-state index in [0.29, 0.717) is 11.7 Å². The lowest BCUT2D eigenvalue weighted by Gasteiger charge is -2.15. The highest BCUT2D eigenvalue weighted by Crippen LogP contribution is 2.21. The molecule has 0 spiro atoms. The maximum absolute atomic E-state index is 11.0. The van der Waals surface area contributed by atoms with Crippen molar-refractivity contribution in [3.8, 4) is 0 Å². The summed E-state index contributed by atoms with van der Waals surface area (Å²) in [4.78, 5) is 16.5. The summed E-state index contributed by atoms with van der Waals surface area (Å²) in [5.41, 5.74) is 0. The number of esters is 1. The minimum Gasteiger partial charge on any atom is -0.469 e. The number of thioether (sulfide) groups is 1. The number of hydrogen-bond acceptors (Lipinski definition) is 4. The molecule has 0 saturated heterocycles. The molecule has 1 unspecified atom stereocenters. The number of rotatable bonds is 9. The van der Waals surface area contributed by atoms with Gasteiger partial charge in [0.05, 0.1) is 7.11 Å². The fraction of sp³-hybridized carbons (Fsp3) is 0.529. The third kappa shape index (κ3) is 10.7. The zero-order valence-corrected chi connectivity index (χ0v) is 17.7. The monoisotopic (exact) mass is 465 g/mol. The van der Waals surface area contributed by atoms with Crippen molar-refractivity contribution in [3.05, 3.63) is 30.3 Å². The summed E-state index contributed by atoms with van der Waals surface area (Å²) < 4.78 is 4.62. The molecule has 7 heteroatoms. The fourth-order valence-corrected chi connectivity index (χ4v) is 2.88. The number of aliphatic imine (C=N–C) groups is 1. The molecule has 0 bridgehead atoms. The zero-order chi connectivity index (χ0) is 16.9. The lowest BCUT2D eigenvalue weighted by Crippen LogP contribution is -2.40. The normalized spacial score (nSPS) is 12.0. The van der Waals surface area contributed by atoms with Gasteiger partial charge in [-0.05, 0) is 25.0 Å². The van der Waals surface area contributed by atoms with Gasteiger partial charge in [0.25, 0.3) is 0 Å². The van der Waals surface area contributed by atoms with E-state index in [9.17, 15) is 4.79 Å². The summed E-state index contributed by atoms with van der Waals surface area (Å²) in [5, 5.41) is 7.02. The number of ether oxygens (including phenoxy) is 1. The number of nitrogens with one attached hydrogen (secondary N) is 2. The van der Waals surface area contributed by atoms with Gasteiger partial charge in [-0.1, -0.05) is 25.1 Å². The number of benzene rings is 1. The molecule has 0 aliphatic heterocycles. The van der Waals surface area contributed by atoms with Gasteiger partial charge < -0.3 is 15.4 Å². The molecule has 24 heavy (non-hydrogen) atoms. The molecule has 0 aromatic heterocycles. The highest BCUT2D eigenvalue weighted by molar-refractivity contribution is 14.0. The van der Waals surface area contributed by atoms with Crippen molar-refractivity contribution in [1.29, 1.82) is 0 Å². The Balaban J connectivity index is 0.00000529. The van der Waals surface area contributed by atoms with Crippen LogP contribution in [0.2, 0.25) is 0 Å². The van der Waals surface area contributed by atoms with E-state index in [4.69, 9.17) is 0 Å². The number of guanidine groups is 1. The average molecular weight is 465 g/mol. The highest BCUT2D eigenvalue weighted by Gasteiger charge is 2.06. The molecule has 0 amide bonds. The number of halogens is 1. The first-order valence-electron chi connectivity index (χ1n) is 7.88. The van der Waals surface area contributed by atoms with Crippen LogP contribution in [0.4, 0.5) is 0 Å². The smallest absolute Gasteiger partial charge is 0.305 e. The van der Waals surface area contributed by atoms with E-state index < -0.39 is 0 Å². The molecule has 2 N–H and O–H groups in total. The summed E-state index contributed by atoms with van der Waals surface area (Å²) in [6, 6.07) is 10.4. The molecule has 0 heterocycles. The van der Waals surface area contributed by atoms with E-state index in [1.165, 1.54) is 12.0 Å². The minimum absolute atomic E-state index is 0. The Morgan fingerprint density at radius 1 is 1.25 bits per heavy atom. The third-order valence-corrected chi connectivity index (χ3v) is 4.30. The van der Waals surface area contributed by atoms with Gasteiger partial charge in [-0.2, -0.15) is 0 Å². The summed E-state index contributed by atoms with van der Waals surface area (Å²) in [6.07, 6.45) is 2.19. The predicted octanol–water partition coefficient (Wildman–Crippen LogP) is 3.29. The largest absolute Gasteiger partial charge is 0.469 e. The molecule has 136 valence electrons. The van der Waals surface area contributed by atoms with Crippen LogP contribution in [-0.4, -0.2) is 44.4 Å². The Bertz CT molecular complexity index is 486. The first-order valence-corrected chi connectivity index (χ1v) is 8.76. The zero-order valence-electron chi connectivity index (χ0n) is 14.6. The van der Waals surface area contributed by atoms with Crippen LogP contribution in [0, 0.1) is 0 Å². The van der Waals surface area contributed by atoms with E-state index >= 15 is 0 Å². The molecule has 1 atom stereocenters. The molecule has 1 aromatic carbocycles. The van der Waals surface area contributed by atoms with Gasteiger partial charge in [-0.25, -0.2) is 0 Å². The Morgan fingerprint density at radius 2 is 1.96 bits per heavy atom. The summed E-state index contributed by atoms with van der Waals surface area (Å²) in [6.45, 7) is 3.81. The van der Waals surface area contributed by atoms with Crippen LogP contribution >= 0.6 is 35.7 Å². The van der Waals surface area contributed by atoms with Gasteiger partial charge in [0.2, 0.25) is 0 Å². The maximum Gasteiger partial charge on any atom is 0.305 e. The molecular weight excluding hydrogens is 437 g/mol. The van der Waals surface area contributed by atoms with E-state index in [1.807, 2.05) is 17.8 Å². The number of hydrogen-bond donors (Lipinski definition) is 2. The van der Waals surface area contributed by atoms with Crippen LogP contribution in [0.15, 0.2) is 40.2 Å². The molecular formula is C17H28IN3O2S. The van der Waals surface area contributed by atoms with Crippen molar-refractivity contribution < 1.29 is 9.53 Å². The Labute approximate surface area is 166 Å². The first kappa shape index (κ1) is 23.0. The maximum atomic E-state index is 11.0. The van der Waals surface area contributed by atoms with E-state index in [2.05, 4.69) is 51.6 Å². The van der Waals surface area contributed by atoms with Crippen molar-refractivity contribution in [2.24, 2.45) is 4.99 Å². The number of carbonyl (C=O) groups excluding carboxylic acids is 1. The van der Waals surface area contributed by atoms with Crippen LogP contribution in [-0.2, 0) is 9.53 Å². The predicted molar refractivity (Wildman–Crippen MR) is 112 cm³/mol.